The number of methoxy groups -OCH3 is 1. The van der Waals surface area contributed by atoms with Crippen LogP contribution in [0.3, 0.4) is 0 Å². The fraction of sp³-hybridized carbons (Fsp3) is 0.400. The number of rotatable bonds is 3. The fourth-order valence-electron chi connectivity index (χ4n) is 3.37. The van der Waals surface area contributed by atoms with Crippen molar-refractivity contribution in [1.82, 2.24) is 14.8 Å². The van der Waals surface area contributed by atoms with Crippen LogP contribution >= 0.6 is 0 Å². The molecule has 0 radical (unpaired) electrons. The van der Waals surface area contributed by atoms with E-state index in [0.29, 0.717) is 37.4 Å². The summed E-state index contributed by atoms with van der Waals surface area (Å²) in [5.74, 6) is 0.792. The number of amides is 2. The van der Waals surface area contributed by atoms with Crippen LogP contribution in [0, 0.1) is 13.8 Å². The zero-order chi connectivity index (χ0) is 18.7. The lowest BCUT2D eigenvalue weighted by molar-refractivity contribution is 0.0715. The minimum absolute atomic E-state index is 0.0132. The Morgan fingerprint density at radius 3 is 2.31 bits per heavy atom. The smallest absolute Gasteiger partial charge is 0.270 e. The molecule has 0 atom stereocenters. The van der Waals surface area contributed by atoms with E-state index in [1.807, 2.05) is 41.8 Å². The Balaban J connectivity index is 1.72. The van der Waals surface area contributed by atoms with E-state index in [9.17, 15) is 9.59 Å². The maximum atomic E-state index is 13.0. The number of H-pyrrole nitrogens is 1. The van der Waals surface area contributed by atoms with Crippen molar-refractivity contribution in [2.24, 2.45) is 0 Å². The lowest BCUT2D eigenvalue weighted by Crippen LogP contribution is -2.37. The molecule has 6 heteroatoms. The van der Waals surface area contributed by atoms with Gasteiger partial charge >= 0.3 is 0 Å². The average Bonchev–Trinajstić information content (AvgIpc) is 3.06. The van der Waals surface area contributed by atoms with Gasteiger partial charge < -0.3 is 19.5 Å². The first-order valence-electron chi connectivity index (χ1n) is 8.88. The molecule has 1 aromatic heterocycles. The molecule has 2 amide bonds. The Hall–Kier alpha value is -2.76. The number of aromatic amines is 1. The number of benzene rings is 1. The van der Waals surface area contributed by atoms with E-state index in [-0.39, 0.29) is 11.8 Å². The first-order chi connectivity index (χ1) is 12.5. The molecule has 1 fully saturated rings. The molecule has 0 saturated carbocycles. The van der Waals surface area contributed by atoms with Crippen molar-refractivity contribution < 1.29 is 14.3 Å². The molecular formula is C20H25N3O3. The van der Waals surface area contributed by atoms with Crippen LogP contribution in [-0.4, -0.2) is 59.9 Å². The van der Waals surface area contributed by atoms with E-state index >= 15 is 0 Å². The zero-order valence-corrected chi connectivity index (χ0v) is 15.5. The van der Waals surface area contributed by atoms with Gasteiger partial charge in [0.15, 0.2) is 0 Å². The third-order valence-electron chi connectivity index (χ3n) is 4.87. The Bertz CT molecular complexity index is 799. The van der Waals surface area contributed by atoms with Gasteiger partial charge in [-0.05, 0) is 55.7 Å². The van der Waals surface area contributed by atoms with Crippen LogP contribution in [-0.2, 0) is 0 Å². The largest absolute Gasteiger partial charge is 0.496 e. The van der Waals surface area contributed by atoms with Gasteiger partial charge in [0, 0.05) is 37.9 Å². The van der Waals surface area contributed by atoms with Gasteiger partial charge in [0.2, 0.25) is 0 Å². The number of ether oxygens (including phenoxy) is 1. The van der Waals surface area contributed by atoms with Gasteiger partial charge in [-0.15, -0.1) is 0 Å². The quantitative estimate of drug-likeness (QED) is 0.920. The number of hydrogen-bond acceptors (Lipinski definition) is 3. The van der Waals surface area contributed by atoms with Crippen molar-refractivity contribution in [3.63, 3.8) is 0 Å². The van der Waals surface area contributed by atoms with Gasteiger partial charge in [0.1, 0.15) is 11.4 Å². The SMILES string of the molecule is COc1cc(C)c(C(=O)N2CCCN(C(=O)c3ccc[nH]3)CC2)cc1C. The molecule has 0 aliphatic carbocycles. The molecule has 6 nitrogen and oxygen atoms in total. The van der Waals surface area contributed by atoms with Crippen molar-refractivity contribution in [2.45, 2.75) is 20.3 Å². The van der Waals surface area contributed by atoms with Gasteiger partial charge in [0.05, 0.1) is 7.11 Å². The second kappa shape index (κ2) is 7.64. The molecule has 1 aliphatic rings. The average molecular weight is 355 g/mol. The summed E-state index contributed by atoms with van der Waals surface area (Å²) >= 11 is 0. The van der Waals surface area contributed by atoms with E-state index in [1.54, 1.807) is 19.4 Å². The summed E-state index contributed by atoms with van der Waals surface area (Å²) in [5.41, 5.74) is 3.14. The van der Waals surface area contributed by atoms with Gasteiger partial charge in [-0.1, -0.05) is 0 Å². The van der Waals surface area contributed by atoms with Gasteiger partial charge in [-0.25, -0.2) is 0 Å². The number of aromatic nitrogens is 1. The standard InChI is InChI=1S/C20H25N3O3/c1-14-13-18(26-3)15(2)12-16(14)19(24)22-8-5-9-23(11-10-22)20(25)17-6-4-7-21-17/h4,6-7,12-13,21H,5,8-11H2,1-3H3. The Kier molecular flexibility index (Phi) is 5.30. The molecule has 1 N–H and O–H groups in total. The third kappa shape index (κ3) is 3.59. The van der Waals surface area contributed by atoms with Crippen LogP contribution in [0.5, 0.6) is 5.75 Å². The van der Waals surface area contributed by atoms with E-state index < -0.39 is 0 Å². The molecule has 2 aromatic rings. The van der Waals surface area contributed by atoms with Crippen LogP contribution in [0.15, 0.2) is 30.5 Å². The van der Waals surface area contributed by atoms with Crippen molar-refractivity contribution >= 4 is 11.8 Å². The van der Waals surface area contributed by atoms with Gasteiger partial charge in [-0.2, -0.15) is 0 Å². The summed E-state index contributed by atoms with van der Waals surface area (Å²) in [6, 6.07) is 7.39. The van der Waals surface area contributed by atoms with Crippen LogP contribution < -0.4 is 4.74 Å². The molecule has 0 spiro atoms. The molecule has 1 aromatic carbocycles. The van der Waals surface area contributed by atoms with Crippen molar-refractivity contribution in [2.75, 3.05) is 33.3 Å². The summed E-state index contributed by atoms with van der Waals surface area (Å²) in [4.78, 5) is 32.1. The molecule has 1 aliphatic heterocycles. The number of aryl methyl sites for hydroxylation is 2. The zero-order valence-electron chi connectivity index (χ0n) is 15.5. The maximum absolute atomic E-state index is 13.0. The van der Waals surface area contributed by atoms with Crippen LogP contribution in [0.25, 0.3) is 0 Å². The summed E-state index contributed by atoms with van der Waals surface area (Å²) < 4.78 is 5.33. The highest BCUT2D eigenvalue weighted by molar-refractivity contribution is 5.96. The third-order valence-corrected chi connectivity index (χ3v) is 4.87. The van der Waals surface area contributed by atoms with Crippen molar-refractivity contribution in [3.05, 3.63) is 52.8 Å². The Morgan fingerprint density at radius 1 is 1.00 bits per heavy atom. The summed E-state index contributed by atoms with van der Waals surface area (Å²) in [6.07, 6.45) is 2.52. The van der Waals surface area contributed by atoms with E-state index in [1.165, 1.54) is 0 Å². The molecule has 0 unspecified atom stereocenters. The molecule has 3 rings (SSSR count). The van der Waals surface area contributed by atoms with Crippen LogP contribution in [0.1, 0.15) is 38.4 Å². The predicted octanol–water partition coefficient (Wildman–Crippen LogP) is 2.63. The summed E-state index contributed by atoms with van der Waals surface area (Å²) in [6.45, 7) is 6.25. The number of hydrogen-bond donors (Lipinski definition) is 1. The molecule has 2 heterocycles. The molecule has 138 valence electrons. The maximum Gasteiger partial charge on any atom is 0.270 e. The topological polar surface area (TPSA) is 65.6 Å². The van der Waals surface area contributed by atoms with Crippen molar-refractivity contribution in [3.8, 4) is 5.75 Å². The summed E-state index contributed by atoms with van der Waals surface area (Å²) in [5, 5.41) is 0. The van der Waals surface area contributed by atoms with E-state index in [2.05, 4.69) is 4.98 Å². The normalized spacial score (nSPS) is 14.9. The second-order valence-electron chi connectivity index (χ2n) is 6.66. The highest BCUT2D eigenvalue weighted by atomic mass is 16.5. The predicted molar refractivity (Wildman–Crippen MR) is 99.7 cm³/mol. The van der Waals surface area contributed by atoms with Crippen LogP contribution in [0.4, 0.5) is 0 Å². The molecule has 0 bridgehead atoms. The molecule has 26 heavy (non-hydrogen) atoms. The number of carbonyl (C=O) groups is 2. The van der Waals surface area contributed by atoms with E-state index in [4.69, 9.17) is 4.74 Å². The minimum Gasteiger partial charge on any atom is -0.496 e. The summed E-state index contributed by atoms with van der Waals surface area (Å²) in [7, 11) is 1.63. The highest BCUT2D eigenvalue weighted by Gasteiger charge is 2.25. The second-order valence-corrected chi connectivity index (χ2v) is 6.66. The number of nitrogens with zero attached hydrogens (tertiary/aromatic N) is 2. The molecule has 1 saturated heterocycles. The fourth-order valence-corrected chi connectivity index (χ4v) is 3.37. The first-order valence-corrected chi connectivity index (χ1v) is 8.88. The highest BCUT2D eigenvalue weighted by Crippen LogP contribution is 2.24. The van der Waals surface area contributed by atoms with Crippen LogP contribution in [0.2, 0.25) is 0 Å². The number of nitrogens with one attached hydrogen (secondary N) is 1. The van der Waals surface area contributed by atoms with E-state index in [0.717, 1.165) is 23.3 Å². The van der Waals surface area contributed by atoms with Crippen molar-refractivity contribution in [1.29, 1.82) is 0 Å². The first kappa shape index (κ1) is 18.0. The number of carbonyl (C=O) groups excluding carboxylic acids is 2. The van der Waals surface area contributed by atoms with Gasteiger partial charge in [0.25, 0.3) is 11.8 Å². The Morgan fingerprint density at radius 2 is 1.69 bits per heavy atom. The minimum atomic E-state index is -0.0132. The Labute approximate surface area is 153 Å². The monoisotopic (exact) mass is 355 g/mol. The molecular weight excluding hydrogens is 330 g/mol. The van der Waals surface area contributed by atoms with Gasteiger partial charge in [-0.3, -0.25) is 9.59 Å². The lowest BCUT2D eigenvalue weighted by Gasteiger charge is -2.23. The lowest BCUT2D eigenvalue weighted by atomic mass is 10.0.